The zero-order valence-corrected chi connectivity index (χ0v) is 6.16. The van der Waals surface area contributed by atoms with Crippen molar-refractivity contribution >= 4 is 0 Å². The van der Waals surface area contributed by atoms with Crippen molar-refractivity contribution < 1.29 is 4.74 Å². The summed E-state index contributed by atoms with van der Waals surface area (Å²) >= 11 is 0. The van der Waals surface area contributed by atoms with Crippen LogP contribution in [0, 0.1) is 0 Å². The van der Waals surface area contributed by atoms with E-state index in [1.165, 1.54) is 6.33 Å². The highest BCUT2D eigenvalue weighted by Gasteiger charge is 2.12. The lowest BCUT2D eigenvalue weighted by atomic mass is 10.3. The molecule has 0 spiro atoms. The molecule has 0 amide bonds. The van der Waals surface area contributed by atoms with Gasteiger partial charge in [-0.3, -0.25) is 0 Å². The van der Waals surface area contributed by atoms with Gasteiger partial charge in [0.25, 0.3) is 0 Å². The van der Waals surface area contributed by atoms with Crippen molar-refractivity contribution in [1.82, 2.24) is 20.4 Å². The average Bonchev–Trinajstić information content (AvgIpc) is 2.21. The summed E-state index contributed by atoms with van der Waals surface area (Å²) in [5, 5.41) is 14.7. The first-order valence-corrected chi connectivity index (χ1v) is 3.46. The second kappa shape index (κ2) is 3.08. The fourth-order valence-electron chi connectivity index (χ4n) is 0.860. The molecule has 1 aromatic rings. The van der Waals surface area contributed by atoms with E-state index < -0.39 is 0 Å². The summed E-state index contributed by atoms with van der Waals surface area (Å²) in [7, 11) is 0. The molecule has 1 unspecified atom stereocenters. The number of aromatic nitrogens is 4. The maximum Gasteiger partial charge on any atom is 0.217 e. The molecule has 0 aromatic carbocycles. The van der Waals surface area contributed by atoms with Crippen molar-refractivity contribution in [2.45, 2.75) is 6.10 Å². The highest BCUT2D eigenvalue weighted by Crippen LogP contribution is 2.16. The minimum Gasteiger partial charge on any atom is -0.486 e. The minimum absolute atomic E-state index is 0.254. The van der Waals surface area contributed by atoms with Gasteiger partial charge in [0.15, 0.2) is 12.4 Å². The van der Waals surface area contributed by atoms with Gasteiger partial charge in [0, 0.05) is 0 Å². The topological polar surface area (TPSA) is 60.8 Å². The van der Waals surface area contributed by atoms with Gasteiger partial charge in [0.2, 0.25) is 5.82 Å². The Morgan fingerprint density at radius 3 is 2.67 bits per heavy atom. The lowest BCUT2D eigenvalue weighted by Gasteiger charge is -2.10. The van der Waals surface area contributed by atoms with Crippen LogP contribution in [0.4, 0.5) is 0 Å². The van der Waals surface area contributed by atoms with E-state index in [2.05, 4.69) is 20.4 Å². The second-order valence-corrected chi connectivity index (χ2v) is 2.17. The second-order valence-electron chi connectivity index (χ2n) is 2.17. The van der Waals surface area contributed by atoms with Gasteiger partial charge in [-0.05, 0) is 12.2 Å². The van der Waals surface area contributed by atoms with Crippen LogP contribution < -0.4 is 0 Å². The highest BCUT2D eigenvalue weighted by molar-refractivity contribution is 5.11. The summed E-state index contributed by atoms with van der Waals surface area (Å²) < 4.78 is 5.19. The molecule has 0 fully saturated rings. The van der Waals surface area contributed by atoms with Gasteiger partial charge < -0.3 is 4.74 Å². The normalized spacial score (nSPS) is 20.5. The van der Waals surface area contributed by atoms with Gasteiger partial charge in [-0.25, -0.2) is 0 Å². The summed E-state index contributed by atoms with van der Waals surface area (Å²) in [5.74, 6) is 0.470. The summed E-state index contributed by atoms with van der Waals surface area (Å²) in [6, 6.07) is 0. The Balaban J connectivity index is 2.21. The Labute approximate surface area is 68.8 Å². The summed E-state index contributed by atoms with van der Waals surface area (Å²) in [4.78, 5) is 0. The Morgan fingerprint density at radius 2 is 2.00 bits per heavy atom. The van der Waals surface area contributed by atoms with Crippen molar-refractivity contribution in [3.8, 4) is 0 Å². The lowest BCUT2D eigenvalue weighted by Crippen LogP contribution is -2.07. The van der Waals surface area contributed by atoms with E-state index >= 15 is 0 Å². The number of allylic oxidation sites excluding steroid dienone is 2. The molecule has 12 heavy (non-hydrogen) atoms. The molecule has 0 N–H and O–H groups in total. The number of nitrogens with zero attached hydrogens (tertiary/aromatic N) is 4. The average molecular weight is 162 g/mol. The largest absolute Gasteiger partial charge is 0.486 e. The molecule has 0 aliphatic carbocycles. The lowest BCUT2D eigenvalue weighted by molar-refractivity contribution is 0.175. The van der Waals surface area contributed by atoms with Gasteiger partial charge >= 0.3 is 0 Å². The zero-order valence-electron chi connectivity index (χ0n) is 6.16. The highest BCUT2D eigenvalue weighted by atomic mass is 16.5. The van der Waals surface area contributed by atoms with Crippen LogP contribution in [0.5, 0.6) is 0 Å². The number of rotatable bonds is 1. The van der Waals surface area contributed by atoms with Crippen molar-refractivity contribution in [1.29, 1.82) is 0 Å². The molecular weight excluding hydrogens is 156 g/mol. The predicted molar refractivity (Wildman–Crippen MR) is 39.7 cm³/mol. The van der Waals surface area contributed by atoms with E-state index in [9.17, 15) is 0 Å². The molecule has 60 valence electrons. The molecule has 2 rings (SSSR count). The predicted octanol–water partition coefficient (Wildman–Crippen LogP) is 0.408. The fourth-order valence-corrected chi connectivity index (χ4v) is 0.860. The van der Waals surface area contributed by atoms with Crippen molar-refractivity contribution in [3.63, 3.8) is 0 Å². The Bertz CT molecular complexity index is 308. The third kappa shape index (κ3) is 1.29. The molecule has 0 radical (unpaired) electrons. The first-order valence-electron chi connectivity index (χ1n) is 3.46. The minimum atomic E-state index is -0.254. The Hall–Kier alpha value is -1.78. The van der Waals surface area contributed by atoms with Crippen LogP contribution in [0.15, 0.2) is 30.8 Å². The monoisotopic (exact) mass is 162 g/mol. The molecular formula is C7H6N4O. The third-order valence-electron chi connectivity index (χ3n) is 1.38. The first-order chi connectivity index (χ1) is 5.97. The smallest absolute Gasteiger partial charge is 0.217 e. The van der Waals surface area contributed by atoms with E-state index in [1.54, 1.807) is 12.3 Å². The number of ether oxygens (including phenoxy) is 1. The van der Waals surface area contributed by atoms with E-state index in [-0.39, 0.29) is 6.10 Å². The summed E-state index contributed by atoms with van der Waals surface area (Å²) in [6.45, 7) is 0. The Kier molecular flexibility index (Phi) is 1.77. The van der Waals surface area contributed by atoms with Crippen LogP contribution in [-0.2, 0) is 4.74 Å². The van der Waals surface area contributed by atoms with Crippen LogP contribution in [0.25, 0.3) is 0 Å². The van der Waals surface area contributed by atoms with Crippen LogP contribution in [0.3, 0.4) is 0 Å². The van der Waals surface area contributed by atoms with Gasteiger partial charge in [-0.2, -0.15) is 0 Å². The molecule has 1 aliphatic rings. The van der Waals surface area contributed by atoms with Gasteiger partial charge in [-0.15, -0.1) is 20.4 Å². The van der Waals surface area contributed by atoms with Crippen molar-refractivity contribution in [2.75, 3.05) is 0 Å². The zero-order chi connectivity index (χ0) is 8.23. The van der Waals surface area contributed by atoms with Gasteiger partial charge in [0.1, 0.15) is 0 Å². The maximum atomic E-state index is 5.19. The van der Waals surface area contributed by atoms with Gasteiger partial charge in [0.05, 0.1) is 6.26 Å². The molecule has 0 saturated carbocycles. The van der Waals surface area contributed by atoms with E-state index in [4.69, 9.17) is 4.74 Å². The third-order valence-corrected chi connectivity index (χ3v) is 1.38. The fraction of sp³-hybridized carbons (Fsp3) is 0.143. The molecule has 1 aromatic heterocycles. The summed E-state index contributed by atoms with van der Waals surface area (Å²) in [5.41, 5.74) is 0. The molecule has 0 saturated heterocycles. The molecule has 2 heterocycles. The van der Waals surface area contributed by atoms with E-state index in [0.29, 0.717) is 5.82 Å². The standard InChI is InChI=1S/C7H6N4O/c1-2-4-12-6(3-1)7-10-8-5-9-11-7/h1-6H. The SMILES string of the molecule is C1=COC(c2nncnn2)C=C1. The molecule has 0 bridgehead atoms. The summed E-state index contributed by atoms with van der Waals surface area (Å²) in [6.07, 6.45) is 8.10. The maximum absolute atomic E-state index is 5.19. The molecule has 5 nitrogen and oxygen atoms in total. The van der Waals surface area contributed by atoms with Crippen molar-refractivity contribution in [2.24, 2.45) is 0 Å². The van der Waals surface area contributed by atoms with Crippen LogP contribution in [0.1, 0.15) is 11.9 Å². The quantitative estimate of drug-likeness (QED) is 0.598. The molecule has 1 aliphatic heterocycles. The van der Waals surface area contributed by atoms with Gasteiger partial charge in [-0.1, -0.05) is 6.08 Å². The van der Waals surface area contributed by atoms with E-state index in [0.717, 1.165) is 0 Å². The van der Waals surface area contributed by atoms with Crippen LogP contribution >= 0.6 is 0 Å². The van der Waals surface area contributed by atoms with Crippen molar-refractivity contribution in [3.05, 3.63) is 36.6 Å². The first kappa shape index (κ1) is 6.90. The van der Waals surface area contributed by atoms with E-state index in [1.807, 2.05) is 12.2 Å². The molecule has 1 atom stereocenters. The van der Waals surface area contributed by atoms with Crippen LogP contribution in [-0.4, -0.2) is 20.4 Å². The van der Waals surface area contributed by atoms with Crippen LogP contribution in [0.2, 0.25) is 0 Å². The Morgan fingerprint density at radius 1 is 1.17 bits per heavy atom. The number of hydrogen-bond donors (Lipinski definition) is 0. The number of hydrogen-bond acceptors (Lipinski definition) is 5. The molecule has 5 heteroatoms.